The van der Waals surface area contributed by atoms with Gasteiger partial charge in [-0.15, -0.1) is 0 Å². The van der Waals surface area contributed by atoms with E-state index < -0.39 is 48.6 Å². The summed E-state index contributed by atoms with van der Waals surface area (Å²) in [4.78, 5) is 24.2. The van der Waals surface area contributed by atoms with Crippen molar-refractivity contribution in [1.82, 2.24) is 0 Å². The van der Waals surface area contributed by atoms with Gasteiger partial charge in [-0.25, -0.2) is 0 Å². The summed E-state index contributed by atoms with van der Waals surface area (Å²) < 4.78 is 5.63. The van der Waals surface area contributed by atoms with Crippen molar-refractivity contribution in [2.45, 2.75) is 64.4 Å². The average molecular weight is 372 g/mol. The molecule has 0 aromatic heterocycles. The molecule has 1 unspecified atom stereocenters. The van der Waals surface area contributed by atoms with Gasteiger partial charge in [-0.2, -0.15) is 0 Å². The first kappa shape index (κ1) is 22.9. The molecule has 1 fully saturated rings. The van der Waals surface area contributed by atoms with Crippen molar-refractivity contribution in [2.24, 2.45) is 17.8 Å². The SMILES string of the molecule is C/C=C\[C@H](C)[C@H]1O[C@@]1(C)[C@@H](O)[C@@H](CO)C(=O)[C@@H](CO)C(O)CC(=O)CC. The van der Waals surface area contributed by atoms with E-state index in [4.69, 9.17) is 4.74 Å². The van der Waals surface area contributed by atoms with E-state index in [1.54, 1.807) is 13.8 Å². The molecule has 0 radical (unpaired) electrons. The average Bonchev–Trinajstić information content (AvgIpc) is 3.29. The standard InChI is InChI=1S/C19H32O7/c1-5-7-11(3)18-19(4,26-18)17(25)14(10-21)16(24)13(9-20)15(23)8-12(22)6-2/h5,7,11,13-15,17-18,20-21,23,25H,6,8-10H2,1-4H3/b7-5-/t11-,13-,14-,15?,17-,18+,19-/m0/s1. The van der Waals surface area contributed by atoms with Crippen LogP contribution < -0.4 is 0 Å². The molecule has 4 N–H and O–H groups in total. The fourth-order valence-electron chi connectivity index (χ4n) is 3.45. The molecule has 7 atom stereocenters. The zero-order valence-corrected chi connectivity index (χ0v) is 16.0. The molecule has 150 valence electrons. The predicted molar refractivity (Wildman–Crippen MR) is 95.3 cm³/mol. The molecular weight excluding hydrogens is 340 g/mol. The van der Waals surface area contributed by atoms with Crippen LogP contribution in [0.25, 0.3) is 0 Å². The fourth-order valence-corrected chi connectivity index (χ4v) is 3.45. The maximum Gasteiger partial charge on any atom is 0.148 e. The first-order valence-electron chi connectivity index (χ1n) is 9.11. The third-order valence-electron chi connectivity index (χ3n) is 5.25. The lowest BCUT2D eigenvalue weighted by atomic mass is 9.79. The Hall–Kier alpha value is -1.12. The van der Waals surface area contributed by atoms with Gasteiger partial charge >= 0.3 is 0 Å². The molecule has 0 saturated carbocycles. The van der Waals surface area contributed by atoms with Gasteiger partial charge in [-0.05, 0) is 13.8 Å². The number of ketones is 2. The number of ether oxygens (including phenoxy) is 1. The van der Waals surface area contributed by atoms with Crippen LogP contribution >= 0.6 is 0 Å². The Morgan fingerprint density at radius 3 is 2.23 bits per heavy atom. The Morgan fingerprint density at radius 1 is 1.19 bits per heavy atom. The molecule has 0 aromatic carbocycles. The number of hydrogen-bond acceptors (Lipinski definition) is 7. The van der Waals surface area contributed by atoms with Gasteiger partial charge in [0.05, 0.1) is 43.4 Å². The van der Waals surface area contributed by atoms with Crippen LogP contribution in [-0.2, 0) is 14.3 Å². The van der Waals surface area contributed by atoms with Gasteiger partial charge in [0.2, 0.25) is 0 Å². The topological polar surface area (TPSA) is 128 Å². The van der Waals surface area contributed by atoms with Gasteiger partial charge in [-0.1, -0.05) is 26.0 Å². The number of hydrogen-bond donors (Lipinski definition) is 4. The molecule has 0 aromatic rings. The third kappa shape index (κ3) is 4.98. The van der Waals surface area contributed by atoms with Crippen LogP contribution in [0.1, 0.15) is 40.5 Å². The fraction of sp³-hybridized carbons (Fsp3) is 0.789. The van der Waals surface area contributed by atoms with Crippen LogP contribution in [0.2, 0.25) is 0 Å². The highest BCUT2D eigenvalue weighted by Crippen LogP contribution is 2.46. The molecule has 1 heterocycles. The molecule has 1 saturated heterocycles. The molecule has 0 bridgehead atoms. The van der Waals surface area contributed by atoms with Crippen LogP contribution in [0.15, 0.2) is 12.2 Å². The van der Waals surface area contributed by atoms with Gasteiger partial charge < -0.3 is 25.2 Å². The quantitative estimate of drug-likeness (QED) is 0.285. The van der Waals surface area contributed by atoms with E-state index >= 15 is 0 Å². The van der Waals surface area contributed by atoms with E-state index in [-0.39, 0.29) is 30.6 Å². The second-order valence-electron chi connectivity index (χ2n) is 7.20. The van der Waals surface area contributed by atoms with E-state index in [0.29, 0.717) is 0 Å². The van der Waals surface area contributed by atoms with Crippen molar-refractivity contribution in [3.8, 4) is 0 Å². The van der Waals surface area contributed by atoms with Crippen LogP contribution in [0, 0.1) is 17.8 Å². The second kappa shape index (κ2) is 9.71. The maximum absolute atomic E-state index is 12.7. The van der Waals surface area contributed by atoms with Crippen molar-refractivity contribution < 1.29 is 34.8 Å². The molecular formula is C19H32O7. The van der Waals surface area contributed by atoms with Crippen LogP contribution in [0.4, 0.5) is 0 Å². The van der Waals surface area contributed by atoms with Gasteiger partial charge in [-0.3, -0.25) is 9.59 Å². The minimum atomic E-state index is -1.35. The van der Waals surface area contributed by atoms with Crippen molar-refractivity contribution >= 4 is 11.6 Å². The van der Waals surface area contributed by atoms with E-state index in [1.807, 2.05) is 26.0 Å². The van der Waals surface area contributed by atoms with Gasteiger partial charge in [0.1, 0.15) is 17.2 Å². The number of Topliss-reactive ketones (excluding diaryl/α,β-unsaturated/α-hetero) is 2. The zero-order chi connectivity index (χ0) is 20.1. The number of carbonyl (C=O) groups is 2. The molecule has 0 spiro atoms. The summed E-state index contributed by atoms with van der Waals surface area (Å²) in [6.07, 6.45) is 0.816. The van der Waals surface area contributed by atoms with E-state index in [0.717, 1.165) is 0 Å². The first-order chi connectivity index (χ1) is 12.2. The normalized spacial score (nSPS) is 28.4. The number of epoxide rings is 1. The predicted octanol–water partition coefficient (Wildman–Crippen LogP) is 0.233. The molecule has 0 amide bonds. The number of aliphatic hydroxyl groups excluding tert-OH is 4. The summed E-state index contributed by atoms with van der Waals surface area (Å²) in [5.74, 6) is -3.34. The van der Waals surface area contributed by atoms with Crippen molar-refractivity contribution in [1.29, 1.82) is 0 Å². The van der Waals surface area contributed by atoms with E-state index in [1.165, 1.54) is 0 Å². The van der Waals surface area contributed by atoms with E-state index in [2.05, 4.69) is 0 Å². The smallest absolute Gasteiger partial charge is 0.148 e. The largest absolute Gasteiger partial charge is 0.396 e. The molecule has 7 nitrogen and oxygen atoms in total. The number of allylic oxidation sites excluding steroid dienone is 1. The lowest BCUT2D eigenvalue weighted by Gasteiger charge is -2.28. The molecule has 7 heteroatoms. The summed E-state index contributed by atoms with van der Waals surface area (Å²) in [6.45, 7) is 5.79. The highest BCUT2D eigenvalue weighted by atomic mass is 16.6. The van der Waals surface area contributed by atoms with Crippen LogP contribution in [0.3, 0.4) is 0 Å². The lowest BCUT2D eigenvalue weighted by molar-refractivity contribution is -0.140. The highest BCUT2D eigenvalue weighted by molar-refractivity contribution is 5.86. The number of rotatable bonds is 12. The molecule has 1 aliphatic rings. The van der Waals surface area contributed by atoms with Crippen LogP contribution in [0.5, 0.6) is 0 Å². The van der Waals surface area contributed by atoms with Crippen molar-refractivity contribution in [3.63, 3.8) is 0 Å². The number of carbonyl (C=O) groups excluding carboxylic acids is 2. The Bertz CT molecular complexity index is 518. The summed E-state index contributed by atoms with van der Waals surface area (Å²) in [5.41, 5.74) is -0.994. The second-order valence-corrected chi connectivity index (χ2v) is 7.20. The van der Waals surface area contributed by atoms with E-state index in [9.17, 15) is 30.0 Å². The lowest BCUT2D eigenvalue weighted by Crippen LogP contribution is -2.47. The molecule has 26 heavy (non-hydrogen) atoms. The molecule has 1 aliphatic heterocycles. The Balaban J connectivity index is 2.88. The van der Waals surface area contributed by atoms with Crippen molar-refractivity contribution in [2.75, 3.05) is 13.2 Å². The zero-order valence-electron chi connectivity index (χ0n) is 16.0. The Morgan fingerprint density at radius 2 is 1.77 bits per heavy atom. The molecule has 0 aliphatic carbocycles. The number of aliphatic hydroxyl groups is 4. The summed E-state index contributed by atoms with van der Waals surface area (Å²) in [5, 5.41) is 40.0. The molecule has 1 rings (SSSR count). The Labute approximate surface area is 154 Å². The maximum atomic E-state index is 12.7. The summed E-state index contributed by atoms with van der Waals surface area (Å²) in [7, 11) is 0. The third-order valence-corrected chi connectivity index (χ3v) is 5.25. The summed E-state index contributed by atoms with van der Waals surface area (Å²) >= 11 is 0. The summed E-state index contributed by atoms with van der Waals surface area (Å²) in [6, 6.07) is 0. The highest BCUT2D eigenvalue weighted by Gasteiger charge is 2.61. The minimum absolute atomic E-state index is 0.0236. The Kier molecular flexibility index (Phi) is 8.56. The first-order valence-corrected chi connectivity index (χ1v) is 9.11. The van der Waals surface area contributed by atoms with Gasteiger partial charge in [0, 0.05) is 18.8 Å². The van der Waals surface area contributed by atoms with Gasteiger partial charge in [0.15, 0.2) is 0 Å². The van der Waals surface area contributed by atoms with Crippen molar-refractivity contribution in [3.05, 3.63) is 12.2 Å². The van der Waals surface area contributed by atoms with Gasteiger partial charge in [0.25, 0.3) is 0 Å². The monoisotopic (exact) mass is 372 g/mol. The minimum Gasteiger partial charge on any atom is -0.396 e. The van der Waals surface area contributed by atoms with Crippen LogP contribution in [-0.4, -0.2) is 69.1 Å².